The molecule has 5 nitrogen and oxygen atoms in total. The van der Waals surface area contributed by atoms with E-state index >= 15 is 0 Å². The first-order valence-corrected chi connectivity index (χ1v) is 9.74. The molecule has 1 heterocycles. The van der Waals surface area contributed by atoms with E-state index in [1.807, 2.05) is 49.5 Å². The number of ether oxygens (including phenoxy) is 2. The molecule has 0 aromatic heterocycles. The second-order valence-corrected chi connectivity index (χ2v) is 6.97. The highest BCUT2D eigenvalue weighted by Gasteiger charge is 2.19. The van der Waals surface area contributed by atoms with Crippen LogP contribution in [0.15, 0.2) is 47.6 Å². The molecule has 0 aliphatic carbocycles. The van der Waals surface area contributed by atoms with E-state index in [0.717, 1.165) is 54.8 Å². The number of quaternary nitrogens is 1. The number of hydrazone groups is 1. The normalized spacial score (nSPS) is 15.3. The predicted octanol–water partition coefficient (Wildman–Crippen LogP) is 2.48. The third kappa shape index (κ3) is 5.37. The molecule has 2 aromatic rings. The van der Waals surface area contributed by atoms with Crippen LogP contribution in [0, 0.1) is 0 Å². The summed E-state index contributed by atoms with van der Waals surface area (Å²) in [6, 6.07) is 14.0. The van der Waals surface area contributed by atoms with Crippen LogP contribution in [-0.2, 0) is 6.54 Å². The summed E-state index contributed by atoms with van der Waals surface area (Å²) in [5, 5.41) is 7.62. The molecule has 2 aromatic carbocycles. The number of hydrogen-bond donors (Lipinski definition) is 1. The van der Waals surface area contributed by atoms with Gasteiger partial charge in [-0.3, -0.25) is 5.01 Å². The quantitative estimate of drug-likeness (QED) is 0.740. The Morgan fingerprint density at radius 1 is 1.15 bits per heavy atom. The lowest BCUT2D eigenvalue weighted by atomic mass is 10.2. The summed E-state index contributed by atoms with van der Waals surface area (Å²) in [6.45, 7) is 7.51. The number of methoxy groups -OCH3 is 1. The molecule has 6 heteroatoms. The highest BCUT2D eigenvalue weighted by atomic mass is 35.5. The van der Waals surface area contributed by atoms with Crippen LogP contribution < -0.4 is 14.4 Å². The Morgan fingerprint density at radius 2 is 1.93 bits per heavy atom. The topological polar surface area (TPSA) is 38.5 Å². The number of piperazine rings is 1. The largest absolute Gasteiger partial charge is 0.493 e. The summed E-state index contributed by atoms with van der Waals surface area (Å²) in [5.41, 5.74) is 2.22. The number of nitrogens with one attached hydrogen (secondary N) is 1. The molecule has 1 aliphatic rings. The van der Waals surface area contributed by atoms with Gasteiger partial charge in [0.25, 0.3) is 0 Å². The van der Waals surface area contributed by atoms with Gasteiger partial charge >= 0.3 is 0 Å². The minimum atomic E-state index is 0.616. The summed E-state index contributed by atoms with van der Waals surface area (Å²) >= 11 is 6.28. The molecule has 1 N–H and O–H groups in total. The van der Waals surface area contributed by atoms with Gasteiger partial charge in [0, 0.05) is 10.6 Å². The minimum absolute atomic E-state index is 0.616. The van der Waals surface area contributed by atoms with Crippen molar-refractivity contribution < 1.29 is 14.4 Å². The van der Waals surface area contributed by atoms with Gasteiger partial charge in [0.05, 0.1) is 46.1 Å². The van der Waals surface area contributed by atoms with Gasteiger partial charge in [-0.15, -0.1) is 0 Å². The van der Waals surface area contributed by atoms with Crippen LogP contribution in [0.2, 0.25) is 5.02 Å². The van der Waals surface area contributed by atoms with Crippen molar-refractivity contribution in [3.05, 3.63) is 58.6 Å². The third-order valence-corrected chi connectivity index (χ3v) is 5.07. The maximum absolute atomic E-state index is 6.28. The Labute approximate surface area is 166 Å². The van der Waals surface area contributed by atoms with E-state index in [1.165, 1.54) is 10.5 Å². The summed E-state index contributed by atoms with van der Waals surface area (Å²) < 4.78 is 11.0. The van der Waals surface area contributed by atoms with Crippen molar-refractivity contribution in [3.63, 3.8) is 0 Å². The fourth-order valence-corrected chi connectivity index (χ4v) is 3.40. The first kappa shape index (κ1) is 19.5. The van der Waals surface area contributed by atoms with E-state index in [4.69, 9.17) is 21.1 Å². The Bertz CT molecular complexity index is 774. The molecule has 0 spiro atoms. The van der Waals surface area contributed by atoms with Crippen molar-refractivity contribution in [2.45, 2.75) is 13.5 Å². The van der Waals surface area contributed by atoms with Gasteiger partial charge in [0.1, 0.15) is 6.54 Å². The molecule has 1 saturated heterocycles. The van der Waals surface area contributed by atoms with Crippen LogP contribution in [0.3, 0.4) is 0 Å². The lowest BCUT2D eigenvalue weighted by molar-refractivity contribution is -0.918. The van der Waals surface area contributed by atoms with E-state index in [9.17, 15) is 0 Å². The lowest BCUT2D eigenvalue weighted by Crippen LogP contribution is -3.13. The monoisotopic (exact) mass is 388 g/mol. The molecule has 3 rings (SSSR count). The minimum Gasteiger partial charge on any atom is -0.493 e. The van der Waals surface area contributed by atoms with E-state index in [2.05, 4.69) is 16.2 Å². The van der Waals surface area contributed by atoms with Crippen LogP contribution >= 0.6 is 11.6 Å². The van der Waals surface area contributed by atoms with Gasteiger partial charge in [-0.2, -0.15) is 5.10 Å². The van der Waals surface area contributed by atoms with E-state index < -0.39 is 0 Å². The molecule has 0 saturated carbocycles. The Kier molecular flexibility index (Phi) is 6.96. The zero-order chi connectivity index (χ0) is 19.1. The molecule has 0 radical (unpaired) electrons. The smallest absolute Gasteiger partial charge is 0.161 e. The molecule has 1 aliphatic heterocycles. The van der Waals surface area contributed by atoms with Gasteiger partial charge in [-0.05, 0) is 36.8 Å². The number of nitrogens with zero attached hydrogens (tertiary/aromatic N) is 2. The van der Waals surface area contributed by atoms with E-state index in [1.54, 1.807) is 7.11 Å². The van der Waals surface area contributed by atoms with Gasteiger partial charge in [0.15, 0.2) is 11.5 Å². The number of benzene rings is 2. The van der Waals surface area contributed by atoms with E-state index in [0.29, 0.717) is 6.61 Å². The summed E-state index contributed by atoms with van der Waals surface area (Å²) in [6.07, 6.45) is 1.89. The first-order valence-electron chi connectivity index (χ1n) is 9.36. The van der Waals surface area contributed by atoms with Crippen molar-refractivity contribution in [2.24, 2.45) is 5.10 Å². The Morgan fingerprint density at radius 3 is 2.63 bits per heavy atom. The SMILES string of the molecule is CCOc1ccc(C=NN2CC[NH+](Cc3ccccc3Cl)CC2)cc1OC. The van der Waals surface area contributed by atoms with E-state index in [-0.39, 0.29) is 0 Å². The van der Waals surface area contributed by atoms with Crippen molar-refractivity contribution in [1.29, 1.82) is 0 Å². The Hall–Kier alpha value is -2.24. The molecule has 0 bridgehead atoms. The van der Waals surface area contributed by atoms with Crippen molar-refractivity contribution in [3.8, 4) is 11.5 Å². The average Bonchev–Trinajstić information content (AvgIpc) is 2.70. The average molecular weight is 389 g/mol. The summed E-state index contributed by atoms with van der Waals surface area (Å²) in [5.74, 6) is 1.49. The number of hydrogen-bond acceptors (Lipinski definition) is 4. The standard InChI is InChI=1S/C21H26ClN3O2/c1-3-27-20-9-8-17(14-21(20)26-2)15-23-25-12-10-24(11-13-25)16-18-6-4-5-7-19(18)22/h4-9,14-15H,3,10-13,16H2,1-2H3/p+1. The molecular formula is C21H27ClN3O2+. The fraction of sp³-hybridized carbons (Fsp3) is 0.381. The second-order valence-electron chi connectivity index (χ2n) is 6.56. The highest BCUT2D eigenvalue weighted by molar-refractivity contribution is 6.31. The molecule has 144 valence electrons. The maximum atomic E-state index is 6.28. The molecule has 27 heavy (non-hydrogen) atoms. The van der Waals surface area contributed by atoms with Crippen molar-refractivity contribution in [1.82, 2.24) is 5.01 Å². The Balaban J connectivity index is 1.53. The predicted molar refractivity (Wildman–Crippen MR) is 109 cm³/mol. The molecular weight excluding hydrogens is 362 g/mol. The van der Waals surface area contributed by atoms with Crippen LogP contribution in [0.1, 0.15) is 18.1 Å². The first-order chi connectivity index (χ1) is 13.2. The summed E-state index contributed by atoms with van der Waals surface area (Å²) in [7, 11) is 1.65. The second kappa shape index (κ2) is 9.62. The van der Waals surface area contributed by atoms with Gasteiger partial charge in [-0.25, -0.2) is 0 Å². The lowest BCUT2D eigenvalue weighted by Gasteiger charge is -2.30. The maximum Gasteiger partial charge on any atom is 0.161 e. The fourth-order valence-electron chi connectivity index (χ4n) is 3.20. The molecule has 0 unspecified atom stereocenters. The summed E-state index contributed by atoms with van der Waals surface area (Å²) in [4.78, 5) is 1.54. The number of halogens is 1. The van der Waals surface area contributed by atoms with Gasteiger partial charge < -0.3 is 14.4 Å². The van der Waals surface area contributed by atoms with Crippen LogP contribution in [-0.4, -0.2) is 51.1 Å². The molecule has 0 atom stereocenters. The van der Waals surface area contributed by atoms with Crippen LogP contribution in [0.4, 0.5) is 0 Å². The zero-order valence-electron chi connectivity index (χ0n) is 16.0. The molecule has 0 amide bonds. The zero-order valence-corrected chi connectivity index (χ0v) is 16.7. The molecule has 1 fully saturated rings. The van der Waals surface area contributed by atoms with Gasteiger partial charge in [-0.1, -0.05) is 29.8 Å². The van der Waals surface area contributed by atoms with Crippen molar-refractivity contribution in [2.75, 3.05) is 39.9 Å². The van der Waals surface area contributed by atoms with Crippen LogP contribution in [0.5, 0.6) is 11.5 Å². The van der Waals surface area contributed by atoms with Crippen LogP contribution in [0.25, 0.3) is 0 Å². The highest BCUT2D eigenvalue weighted by Crippen LogP contribution is 2.27. The number of rotatable bonds is 7. The van der Waals surface area contributed by atoms with Crippen molar-refractivity contribution >= 4 is 17.8 Å². The third-order valence-electron chi connectivity index (χ3n) is 4.70. The van der Waals surface area contributed by atoms with Gasteiger partial charge in [0.2, 0.25) is 0 Å².